The van der Waals surface area contributed by atoms with Crippen molar-refractivity contribution < 1.29 is 17.9 Å². The fraction of sp³-hybridized carbons (Fsp3) is 0.600. The third-order valence-electron chi connectivity index (χ3n) is 4.16. The van der Waals surface area contributed by atoms with E-state index in [4.69, 9.17) is 16.3 Å². The van der Waals surface area contributed by atoms with Crippen LogP contribution >= 0.6 is 11.6 Å². The minimum atomic E-state index is -4.43. The van der Waals surface area contributed by atoms with E-state index >= 15 is 0 Å². The van der Waals surface area contributed by atoms with Gasteiger partial charge in [-0.05, 0) is 31.5 Å². The summed E-state index contributed by atoms with van der Waals surface area (Å²) in [6.07, 6.45) is -3.66. The van der Waals surface area contributed by atoms with Gasteiger partial charge in [0.05, 0.1) is 11.7 Å². The molecule has 1 aromatic rings. The molecule has 0 spiro atoms. The molecule has 2 rings (SSSR count). The Hall–Kier alpha value is -0.940. The molecule has 2 atom stereocenters. The van der Waals surface area contributed by atoms with Gasteiger partial charge >= 0.3 is 6.18 Å². The molecule has 0 amide bonds. The molecular formula is C15H19ClF3NO. The van der Waals surface area contributed by atoms with E-state index in [1.807, 2.05) is 20.8 Å². The highest BCUT2D eigenvalue weighted by atomic mass is 35.5. The van der Waals surface area contributed by atoms with Crippen LogP contribution in [0.2, 0.25) is 5.02 Å². The monoisotopic (exact) mass is 321 g/mol. The first kappa shape index (κ1) is 16.4. The molecule has 0 bridgehead atoms. The van der Waals surface area contributed by atoms with Crippen molar-refractivity contribution >= 4 is 17.3 Å². The molecule has 1 aliphatic rings. The van der Waals surface area contributed by atoms with E-state index in [0.717, 1.165) is 6.07 Å². The number of hydrogen-bond donors (Lipinski definition) is 1. The molecule has 1 saturated carbocycles. The second kappa shape index (κ2) is 5.69. The molecular weight excluding hydrogens is 303 g/mol. The van der Waals surface area contributed by atoms with Gasteiger partial charge in [0.15, 0.2) is 0 Å². The Labute approximate surface area is 127 Å². The predicted octanol–water partition coefficient (Wildman–Crippen LogP) is 4.97. The van der Waals surface area contributed by atoms with Crippen LogP contribution in [0.15, 0.2) is 18.2 Å². The smallest absolute Gasteiger partial charge is 0.381 e. The molecule has 0 aromatic heterocycles. The number of benzene rings is 1. The van der Waals surface area contributed by atoms with Crippen molar-refractivity contribution in [3.63, 3.8) is 0 Å². The fourth-order valence-electron chi connectivity index (χ4n) is 2.68. The summed E-state index contributed by atoms with van der Waals surface area (Å²) in [6.45, 7) is 6.52. The lowest BCUT2D eigenvalue weighted by Gasteiger charge is -2.52. The van der Waals surface area contributed by atoms with E-state index in [1.165, 1.54) is 12.1 Å². The molecule has 118 valence electrons. The van der Waals surface area contributed by atoms with Gasteiger partial charge < -0.3 is 10.1 Å². The lowest BCUT2D eigenvalue weighted by Crippen LogP contribution is -2.58. The van der Waals surface area contributed by atoms with Crippen LogP contribution in [0, 0.1) is 5.41 Å². The number of nitrogens with one attached hydrogen (secondary N) is 1. The first-order valence-corrected chi connectivity index (χ1v) is 7.29. The van der Waals surface area contributed by atoms with Crippen molar-refractivity contribution in [3.05, 3.63) is 28.8 Å². The second-order valence-electron chi connectivity index (χ2n) is 5.89. The maximum atomic E-state index is 13.1. The van der Waals surface area contributed by atoms with Gasteiger partial charge in [0, 0.05) is 28.8 Å². The summed E-state index contributed by atoms with van der Waals surface area (Å²) in [4.78, 5) is 0. The summed E-state index contributed by atoms with van der Waals surface area (Å²) >= 11 is 5.68. The van der Waals surface area contributed by atoms with E-state index in [9.17, 15) is 13.2 Å². The first-order chi connectivity index (χ1) is 9.66. The summed E-state index contributed by atoms with van der Waals surface area (Å²) in [5.74, 6) is 0. The van der Waals surface area contributed by atoms with E-state index < -0.39 is 11.7 Å². The average Bonchev–Trinajstić information content (AvgIpc) is 2.38. The number of halogens is 4. The summed E-state index contributed by atoms with van der Waals surface area (Å²) < 4.78 is 44.8. The van der Waals surface area contributed by atoms with Crippen molar-refractivity contribution in [2.45, 2.75) is 45.5 Å². The molecule has 21 heavy (non-hydrogen) atoms. The van der Waals surface area contributed by atoms with Crippen LogP contribution in [-0.2, 0) is 10.9 Å². The van der Waals surface area contributed by atoms with Gasteiger partial charge in [-0.1, -0.05) is 25.4 Å². The van der Waals surface area contributed by atoms with Gasteiger partial charge in [0.2, 0.25) is 0 Å². The van der Waals surface area contributed by atoms with Crippen LogP contribution in [0.3, 0.4) is 0 Å². The van der Waals surface area contributed by atoms with Gasteiger partial charge in [-0.25, -0.2) is 0 Å². The third-order valence-corrected chi connectivity index (χ3v) is 4.40. The Bertz CT molecular complexity index is 516. The van der Waals surface area contributed by atoms with E-state index in [0.29, 0.717) is 13.0 Å². The molecule has 1 aromatic carbocycles. The highest BCUT2D eigenvalue weighted by Gasteiger charge is 2.49. The molecule has 6 heteroatoms. The van der Waals surface area contributed by atoms with Crippen LogP contribution in [0.4, 0.5) is 18.9 Å². The zero-order chi connectivity index (χ0) is 15.8. The average molecular weight is 322 g/mol. The lowest BCUT2D eigenvalue weighted by molar-refractivity contribution is -0.137. The number of hydrogen-bond acceptors (Lipinski definition) is 2. The minimum absolute atomic E-state index is 0.0590. The van der Waals surface area contributed by atoms with E-state index in [2.05, 4.69) is 5.32 Å². The van der Waals surface area contributed by atoms with Crippen LogP contribution in [0.5, 0.6) is 0 Å². The largest absolute Gasteiger partial charge is 0.418 e. The van der Waals surface area contributed by atoms with Crippen molar-refractivity contribution in [2.75, 3.05) is 11.9 Å². The molecule has 0 aliphatic heterocycles. The molecule has 0 saturated heterocycles. The summed E-state index contributed by atoms with van der Waals surface area (Å²) in [6, 6.07) is 3.74. The Morgan fingerprint density at radius 1 is 1.38 bits per heavy atom. The normalized spacial score (nSPS) is 24.5. The minimum Gasteiger partial charge on any atom is -0.381 e. The zero-order valence-electron chi connectivity index (χ0n) is 12.2. The molecule has 0 radical (unpaired) electrons. The Morgan fingerprint density at radius 3 is 2.57 bits per heavy atom. The standard InChI is InChI=1S/C15H19ClF3NO/c1-4-21-13-8-12(14(13,2)3)20-11-6-5-9(16)7-10(11)15(17,18)19/h5-7,12-13,20H,4,8H2,1-3H3. The Kier molecular flexibility index (Phi) is 4.45. The van der Waals surface area contributed by atoms with Crippen LogP contribution in [0.25, 0.3) is 0 Å². The van der Waals surface area contributed by atoms with Gasteiger partial charge in [-0.2, -0.15) is 13.2 Å². The number of ether oxygens (including phenoxy) is 1. The van der Waals surface area contributed by atoms with Gasteiger partial charge in [0.25, 0.3) is 0 Å². The third kappa shape index (κ3) is 3.29. The Balaban J connectivity index is 2.18. The van der Waals surface area contributed by atoms with Crippen LogP contribution < -0.4 is 5.32 Å². The molecule has 2 nitrogen and oxygen atoms in total. The molecule has 1 fully saturated rings. The number of anilines is 1. The first-order valence-electron chi connectivity index (χ1n) is 6.91. The quantitative estimate of drug-likeness (QED) is 0.845. The number of rotatable bonds is 4. The lowest BCUT2D eigenvalue weighted by atomic mass is 9.64. The second-order valence-corrected chi connectivity index (χ2v) is 6.32. The highest BCUT2D eigenvalue weighted by molar-refractivity contribution is 6.30. The summed E-state index contributed by atoms with van der Waals surface area (Å²) in [5.41, 5.74) is -0.871. The summed E-state index contributed by atoms with van der Waals surface area (Å²) in [7, 11) is 0. The van der Waals surface area contributed by atoms with Crippen molar-refractivity contribution in [1.29, 1.82) is 0 Å². The summed E-state index contributed by atoms with van der Waals surface area (Å²) in [5, 5.41) is 3.08. The molecule has 1 aliphatic carbocycles. The fourth-order valence-corrected chi connectivity index (χ4v) is 2.85. The van der Waals surface area contributed by atoms with Gasteiger partial charge in [-0.3, -0.25) is 0 Å². The van der Waals surface area contributed by atoms with Crippen LogP contribution in [-0.4, -0.2) is 18.8 Å². The maximum Gasteiger partial charge on any atom is 0.418 e. The predicted molar refractivity (Wildman–Crippen MR) is 77.7 cm³/mol. The molecule has 2 unspecified atom stereocenters. The topological polar surface area (TPSA) is 21.3 Å². The van der Waals surface area contributed by atoms with Crippen molar-refractivity contribution in [3.8, 4) is 0 Å². The van der Waals surface area contributed by atoms with E-state index in [1.54, 1.807) is 0 Å². The molecule has 1 N–H and O–H groups in total. The van der Waals surface area contributed by atoms with Crippen LogP contribution in [0.1, 0.15) is 32.8 Å². The maximum absolute atomic E-state index is 13.1. The van der Waals surface area contributed by atoms with Crippen molar-refractivity contribution in [1.82, 2.24) is 0 Å². The molecule has 0 heterocycles. The van der Waals surface area contributed by atoms with E-state index in [-0.39, 0.29) is 28.3 Å². The highest BCUT2D eigenvalue weighted by Crippen LogP contribution is 2.46. The Morgan fingerprint density at radius 2 is 2.05 bits per heavy atom. The SMILES string of the molecule is CCOC1CC(Nc2ccc(Cl)cc2C(F)(F)F)C1(C)C. The van der Waals surface area contributed by atoms with Gasteiger partial charge in [-0.15, -0.1) is 0 Å². The van der Waals surface area contributed by atoms with Crippen molar-refractivity contribution in [2.24, 2.45) is 5.41 Å². The zero-order valence-corrected chi connectivity index (χ0v) is 13.0. The van der Waals surface area contributed by atoms with Gasteiger partial charge in [0.1, 0.15) is 0 Å². The number of alkyl halides is 3.